The van der Waals surface area contributed by atoms with Crippen LogP contribution in [0.1, 0.15) is 37.5 Å². The first-order valence-corrected chi connectivity index (χ1v) is 10.9. The second-order valence-electron chi connectivity index (χ2n) is 7.80. The minimum Gasteiger partial charge on any atom is -0.467 e. The summed E-state index contributed by atoms with van der Waals surface area (Å²) in [7, 11) is 0. The molecule has 152 valence electrons. The molecule has 1 aromatic heterocycles. The summed E-state index contributed by atoms with van der Waals surface area (Å²) in [5.41, 5.74) is 1.97. The van der Waals surface area contributed by atoms with Crippen LogP contribution in [0, 0.1) is 12.8 Å². The molecule has 0 spiro atoms. The van der Waals surface area contributed by atoms with Gasteiger partial charge in [0.25, 0.3) is 0 Å². The molecule has 1 aliphatic rings. The average molecular weight is 420 g/mol. The second-order valence-corrected chi connectivity index (χ2v) is 8.59. The Kier molecular flexibility index (Phi) is 7.77. The van der Waals surface area contributed by atoms with Crippen molar-refractivity contribution in [1.29, 1.82) is 0 Å². The third kappa shape index (κ3) is 6.23. The highest BCUT2D eigenvalue weighted by molar-refractivity contribution is 7.80. The van der Waals surface area contributed by atoms with E-state index in [1.807, 2.05) is 37.3 Å². The lowest BCUT2D eigenvalue weighted by atomic mass is 10.0. The van der Waals surface area contributed by atoms with Crippen molar-refractivity contribution in [2.75, 3.05) is 31.5 Å². The Bertz CT molecular complexity index is 765. The Morgan fingerprint density at radius 1 is 1.39 bits per heavy atom. The molecule has 0 radical (unpaired) electrons. The van der Waals surface area contributed by atoms with Crippen molar-refractivity contribution in [2.24, 2.45) is 5.92 Å². The van der Waals surface area contributed by atoms with Crippen LogP contribution in [0.4, 0.5) is 5.69 Å². The number of thiocarbonyl (C=S) groups is 1. The van der Waals surface area contributed by atoms with Crippen LogP contribution in [0.25, 0.3) is 0 Å². The van der Waals surface area contributed by atoms with Crippen molar-refractivity contribution in [1.82, 2.24) is 9.80 Å². The van der Waals surface area contributed by atoms with E-state index in [1.165, 1.54) is 25.9 Å². The van der Waals surface area contributed by atoms with Crippen LogP contribution in [0.5, 0.6) is 0 Å². The predicted octanol–water partition coefficient (Wildman–Crippen LogP) is 5.56. The number of aryl methyl sites for hydroxylation is 1. The van der Waals surface area contributed by atoms with Gasteiger partial charge in [0, 0.05) is 23.8 Å². The number of rotatable bonds is 7. The molecule has 0 saturated carbocycles. The molecule has 0 bridgehead atoms. The third-order valence-electron chi connectivity index (χ3n) is 5.28. The largest absolute Gasteiger partial charge is 0.467 e. The first kappa shape index (κ1) is 21.2. The van der Waals surface area contributed by atoms with Crippen molar-refractivity contribution in [3.05, 3.63) is 52.9 Å². The van der Waals surface area contributed by atoms with E-state index in [9.17, 15) is 0 Å². The Morgan fingerprint density at radius 3 is 2.96 bits per heavy atom. The molecule has 1 fully saturated rings. The van der Waals surface area contributed by atoms with Gasteiger partial charge < -0.3 is 19.5 Å². The number of nitrogens with zero attached hydrogens (tertiary/aromatic N) is 2. The van der Waals surface area contributed by atoms with Crippen molar-refractivity contribution < 1.29 is 4.42 Å². The SMILES string of the molecule is Cc1ccc(NC(=S)N(CCCN2CCCC(C)C2)Cc2ccco2)cc1Cl. The molecule has 6 heteroatoms. The summed E-state index contributed by atoms with van der Waals surface area (Å²) >= 11 is 12.0. The van der Waals surface area contributed by atoms with Gasteiger partial charge in [0.05, 0.1) is 12.8 Å². The van der Waals surface area contributed by atoms with E-state index in [-0.39, 0.29) is 0 Å². The van der Waals surface area contributed by atoms with Gasteiger partial charge in [-0.3, -0.25) is 0 Å². The number of furan rings is 1. The van der Waals surface area contributed by atoms with Gasteiger partial charge in [0.15, 0.2) is 5.11 Å². The van der Waals surface area contributed by atoms with Gasteiger partial charge in [0.2, 0.25) is 0 Å². The van der Waals surface area contributed by atoms with Crippen LogP contribution in [0.2, 0.25) is 5.02 Å². The zero-order valence-corrected chi connectivity index (χ0v) is 18.4. The summed E-state index contributed by atoms with van der Waals surface area (Å²) in [4.78, 5) is 4.75. The molecular weight excluding hydrogens is 390 g/mol. The Hall–Kier alpha value is -1.56. The predicted molar refractivity (Wildman–Crippen MR) is 121 cm³/mol. The van der Waals surface area contributed by atoms with Crippen LogP contribution in [0.15, 0.2) is 41.0 Å². The van der Waals surface area contributed by atoms with Gasteiger partial charge in [-0.05, 0) is 87.2 Å². The number of nitrogens with one attached hydrogen (secondary N) is 1. The average Bonchev–Trinajstić information content (AvgIpc) is 3.17. The Morgan fingerprint density at radius 2 is 2.25 bits per heavy atom. The van der Waals surface area contributed by atoms with Gasteiger partial charge in [-0.15, -0.1) is 0 Å². The summed E-state index contributed by atoms with van der Waals surface area (Å²) in [5, 5.41) is 4.77. The first-order chi connectivity index (χ1) is 13.5. The lowest BCUT2D eigenvalue weighted by Crippen LogP contribution is -2.39. The maximum absolute atomic E-state index is 6.26. The van der Waals surface area contributed by atoms with Crippen molar-refractivity contribution in [3.8, 4) is 0 Å². The Labute approximate surface area is 178 Å². The number of likely N-dealkylation sites (tertiary alicyclic amines) is 1. The van der Waals surface area contributed by atoms with E-state index in [0.29, 0.717) is 11.7 Å². The highest BCUT2D eigenvalue weighted by atomic mass is 35.5. The summed E-state index contributed by atoms with van der Waals surface area (Å²) in [6.45, 7) is 9.43. The molecule has 0 amide bonds. The molecule has 1 N–H and O–H groups in total. The van der Waals surface area contributed by atoms with Crippen LogP contribution in [0.3, 0.4) is 0 Å². The van der Waals surface area contributed by atoms with Crippen LogP contribution in [-0.2, 0) is 6.54 Å². The van der Waals surface area contributed by atoms with Crippen LogP contribution in [-0.4, -0.2) is 41.1 Å². The monoisotopic (exact) mass is 419 g/mol. The van der Waals surface area contributed by atoms with E-state index in [1.54, 1.807) is 6.26 Å². The molecule has 0 aliphatic carbocycles. The van der Waals surface area contributed by atoms with Crippen molar-refractivity contribution in [3.63, 3.8) is 0 Å². The minimum absolute atomic E-state index is 0.662. The maximum Gasteiger partial charge on any atom is 0.173 e. The topological polar surface area (TPSA) is 31.6 Å². The molecule has 2 aromatic rings. The van der Waals surface area contributed by atoms with Crippen molar-refractivity contribution in [2.45, 2.75) is 39.7 Å². The number of anilines is 1. The van der Waals surface area contributed by atoms with E-state index in [2.05, 4.69) is 22.0 Å². The molecule has 2 heterocycles. The fourth-order valence-electron chi connectivity index (χ4n) is 3.69. The summed E-state index contributed by atoms with van der Waals surface area (Å²) in [5.74, 6) is 1.72. The fraction of sp³-hybridized carbons (Fsp3) is 0.500. The quantitative estimate of drug-likeness (QED) is 0.593. The van der Waals surface area contributed by atoms with Gasteiger partial charge in [0.1, 0.15) is 5.76 Å². The second kappa shape index (κ2) is 10.3. The number of hydrogen-bond donors (Lipinski definition) is 1. The zero-order valence-electron chi connectivity index (χ0n) is 16.8. The van der Waals surface area contributed by atoms with Crippen molar-refractivity contribution >= 4 is 34.6 Å². The van der Waals surface area contributed by atoms with Gasteiger partial charge in [-0.25, -0.2) is 0 Å². The normalized spacial score (nSPS) is 17.5. The highest BCUT2D eigenvalue weighted by Crippen LogP contribution is 2.21. The Balaban J connectivity index is 1.58. The highest BCUT2D eigenvalue weighted by Gasteiger charge is 2.17. The molecule has 3 rings (SSSR count). The van der Waals surface area contributed by atoms with Crippen LogP contribution < -0.4 is 5.32 Å². The maximum atomic E-state index is 6.26. The van der Waals surface area contributed by atoms with E-state index < -0.39 is 0 Å². The molecule has 4 nitrogen and oxygen atoms in total. The minimum atomic E-state index is 0.662. The third-order valence-corrected chi connectivity index (χ3v) is 6.05. The standard InChI is InChI=1S/C22H30ClN3OS/c1-17-6-3-10-25(15-17)11-5-12-26(16-20-7-4-13-27-20)22(28)24-19-9-8-18(2)21(23)14-19/h4,7-9,13-14,17H,3,5-6,10-12,15-16H2,1-2H3,(H,24,28). The molecule has 1 unspecified atom stereocenters. The van der Waals surface area contributed by atoms with Crippen LogP contribution >= 0.6 is 23.8 Å². The fourth-order valence-corrected chi connectivity index (χ4v) is 4.15. The zero-order chi connectivity index (χ0) is 19.9. The van der Waals surface area contributed by atoms with E-state index in [4.69, 9.17) is 28.2 Å². The summed E-state index contributed by atoms with van der Waals surface area (Å²) in [6.07, 6.45) is 5.45. The smallest absolute Gasteiger partial charge is 0.173 e. The molecule has 1 aromatic carbocycles. The summed E-state index contributed by atoms with van der Waals surface area (Å²) in [6, 6.07) is 9.84. The summed E-state index contributed by atoms with van der Waals surface area (Å²) < 4.78 is 5.55. The lowest BCUT2D eigenvalue weighted by Gasteiger charge is -2.32. The number of piperidine rings is 1. The van der Waals surface area contributed by atoms with Gasteiger partial charge in [-0.1, -0.05) is 24.6 Å². The molecule has 1 saturated heterocycles. The number of halogens is 1. The van der Waals surface area contributed by atoms with Gasteiger partial charge in [-0.2, -0.15) is 0 Å². The van der Waals surface area contributed by atoms with E-state index in [0.717, 1.165) is 47.5 Å². The molecule has 1 atom stereocenters. The lowest BCUT2D eigenvalue weighted by molar-refractivity contribution is 0.177. The number of hydrogen-bond acceptors (Lipinski definition) is 3. The molecular formula is C22H30ClN3OS. The van der Waals surface area contributed by atoms with Gasteiger partial charge >= 0.3 is 0 Å². The molecule has 28 heavy (non-hydrogen) atoms. The number of benzene rings is 1. The molecule has 1 aliphatic heterocycles. The van der Waals surface area contributed by atoms with E-state index >= 15 is 0 Å². The first-order valence-electron chi connectivity index (χ1n) is 10.1.